The second kappa shape index (κ2) is 6.28. The van der Waals surface area contributed by atoms with Crippen LogP contribution in [0.4, 0.5) is 0 Å². The Morgan fingerprint density at radius 2 is 1.85 bits per heavy atom. The van der Waals surface area contributed by atoms with Crippen LogP contribution in [-0.2, 0) is 0 Å². The van der Waals surface area contributed by atoms with E-state index in [1.54, 1.807) is 0 Å². The summed E-state index contributed by atoms with van der Waals surface area (Å²) < 4.78 is 0. The van der Waals surface area contributed by atoms with E-state index in [2.05, 4.69) is 42.2 Å². The second-order valence-electron chi connectivity index (χ2n) is 6.52. The van der Waals surface area contributed by atoms with Crippen LogP contribution in [0.15, 0.2) is 30.3 Å². The molecule has 0 bridgehead atoms. The molecule has 110 valence electrons. The molecular weight excluding hydrogens is 246 g/mol. The van der Waals surface area contributed by atoms with E-state index in [4.69, 9.17) is 0 Å². The zero-order chi connectivity index (χ0) is 13.9. The summed E-state index contributed by atoms with van der Waals surface area (Å²) in [5.74, 6) is 0.628. The molecule has 0 aliphatic heterocycles. The number of rotatable bonds is 5. The molecule has 2 saturated carbocycles. The highest BCUT2D eigenvalue weighted by Crippen LogP contribution is 2.39. The lowest BCUT2D eigenvalue weighted by molar-refractivity contribution is 0.00925. The van der Waals surface area contributed by atoms with Gasteiger partial charge in [-0.3, -0.25) is 4.90 Å². The molecule has 3 rings (SSSR count). The maximum absolute atomic E-state index is 10.5. The van der Waals surface area contributed by atoms with Gasteiger partial charge >= 0.3 is 0 Å². The van der Waals surface area contributed by atoms with E-state index < -0.39 is 0 Å². The van der Waals surface area contributed by atoms with E-state index in [0.29, 0.717) is 12.0 Å². The van der Waals surface area contributed by atoms with Gasteiger partial charge in [0.15, 0.2) is 0 Å². The highest BCUT2D eigenvalue weighted by Gasteiger charge is 2.39. The summed E-state index contributed by atoms with van der Waals surface area (Å²) >= 11 is 0. The number of hydrogen-bond acceptors (Lipinski definition) is 2. The van der Waals surface area contributed by atoms with Crippen LogP contribution in [0.3, 0.4) is 0 Å². The number of aliphatic hydroxyl groups is 1. The van der Waals surface area contributed by atoms with Gasteiger partial charge in [0.2, 0.25) is 0 Å². The molecule has 0 aromatic heterocycles. The first-order valence-electron chi connectivity index (χ1n) is 8.28. The Hall–Kier alpha value is -0.860. The first-order chi connectivity index (χ1) is 9.79. The average Bonchev–Trinajstić information content (AvgIpc) is 3.31. The highest BCUT2D eigenvalue weighted by molar-refractivity contribution is 5.21. The lowest BCUT2D eigenvalue weighted by Gasteiger charge is -2.41. The number of benzene rings is 1. The Morgan fingerprint density at radius 1 is 1.10 bits per heavy atom. The van der Waals surface area contributed by atoms with Gasteiger partial charge in [-0.25, -0.2) is 0 Å². The van der Waals surface area contributed by atoms with E-state index in [0.717, 1.165) is 31.8 Å². The van der Waals surface area contributed by atoms with Crippen LogP contribution in [0.2, 0.25) is 0 Å². The first kappa shape index (κ1) is 14.1. The van der Waals surface area contributed by atoms with E-state index in [9.17, 15) is 5.11 Å². The van der Waals surface area contributed by atoms with Gasteiger partial charge in [-0.2, -0.15) is 0 Å². The van der Waals surface area contributed by atoms with Crippen molar-refractivity contribution >= 4 is 0 Å². The third kappa shape index (κ3) is 3.07. The van der Waals surface area contributed by atoms with Gasteiger partial charge in [0, 0.05) is 12.1 Å². The summed E-state index contributed by atoms with van der Waals surface area (Å²) in [6, 6.07) is 12.0. The minimum atomic E-state index is -0.123. The Balaban J connectivity index is 1.72. The Morgan fingerprint density at radius 3 is 2.50 bits per heavy atom. The third-order valence-electron chi connectivity index (χ3n) is 4.98. The quantitative estimate of drug-likeness (QED) is 0.886. The van der Waals surface area contributed by atoms with E-state index in [1.165, 1.54) is 24.8 Å². The van der Waals surface area contributed by atoms with Gasteiger partial charge in [-0.05, 0) is 56.6 Å². The molecule has 3 atom stereocenters. The lowest BCUT2D eigenvalue weighted by Crippen LogP contribution is -2.48. The third-order valence-corrected chi connectivity index (χ3v) is 4.98. The fourth-order valence-electron chi connectivity index (χ4n) is 3.80. The van der Waals surface area contributed by atoms with E-state index >= 15 is 0 Å². The van der Waals surface area contributed by atoms with Crippen LogP contribution in [0.25, 0.3) is 0 Å². The highest BCUT2D eigenvalue weighted by atomic mass is 16.3. The molecule has 0 saturated heterocycles. The van der Waals surface area contributed by atoms with Crippen molar-refractivity contribution in [1.82, 2.24) is 4.90 Å². The van der Waals surface area contributed by atoms with Crippen molar-refractivity contribution < 1.29 is 5.11 Å². The van der Waals surface area contributed by atoms with Gasteiger partial charge in [0.1, 0.15) is 0 Å². The van der Waals surface area contributed by atoms with Crippen LogP contribution < -0.4 is 0 Å². The number of hydrogen-bond donors (Lipinski definition) is 1. The molecule has 20 heavy (non-hydrogen) atoms. The molecule has 2 aliphatic rings. The Kier molecular flexibility index (Phi) is 4.42. The van der Waals surface area contributed by atoms with Crippen LogP contribution in [0.5, 0.6) is 0 Å². The zero-order valence-electron chi connectivity index (χ0n) is 12.5. The van der Waals surface area contributed by atoms with Crippen molar-refractivity contribution in [3.63, 3.8) is 0 Å². The predicted octanol–water partition coefficient (Wildman–Crippen LogP) is 3.56. The van der Waals surface area contributed by atoms with Crippen molar-refractivity contribution in [1.29, 1.82) is 0 Å². The Labute approximate surface area is 122 Å². The molecule has 0 radical (unpaired) electrons. The maximum atomic E-state index is 10.5. The molecule has 2 fully saturated rings. The van der Waals surface area contributed by atoms with Crippen molar-refractivity contribution in [3.8, 4) is 0 Å². The molecular formula is C18H27NO. The van der Waals surface area contributed by atoms with Gasteiger partial charge < -0.3 is 5.11 Å². The second-order valence-corrected chi connectivity index (χ2v) is 6.52. The molecule has 0 heterocycles. The topological polar surface area (TPSA) is 23.5 Å². The van der Waals surface area contributed by atoms with Crippen LogP contribution in [0.1, 0.15) is 56.9 Å². The van der Waals surface area contributed by atoms with Crippen molar-refractivity contribution in [2.24, 2.45) is 0 Å². The Bertz CT molecular complexity index is 415. The molecule has 1 N–H and O–H groups in total. The summed E-state index contributed by atoms with van der Waals surface area (Å²) in [7, 11) is 0. The SMILES string of the molecule is CCCN(C1CC1)C1CC(c2ccccc2)CCC1O. The first-order valence-corrected chi connectivity index (χ1v) is 8.28. The van der Waals surface area contributed by atoms with Gasteiger partial charge in [0.25, 0.3) is 0 Å². The fourth-order valence-corrected chi connectivity index (χ4v) is 3.80. The van der Waals surface area contributed by atoms with Crippen molar-refractivity contribution in [2.75, 3.05) is 6.54 Å². The van der Waals surface area contributed by atoms with Crippen LogP contribution >= 0.6 is 0 Å². The maximum Gasteiger partial charge on any atom is 0.0695 e. The molecule has 2 nitrogen and oxygen atoms in total. The summed E-state index contributed by atoms with van der Waals surface area (Å²) in [4.78, 5) is 2.61. The summed E-state index contributed by atoms with van der Waals surface area (Å²) in [5.41, 5.74) is 1.46. The molecule has 1 aromatic rings. The minimum Gasteiger partial charge on any atom is -0.391 e. The zero-order valence-corrected chi connectivity index (χ0v) is 12.5. The van der Waals surface area contributed by atoms with Crippen molar-refractivity contribution in [2.45, 2.75) is 69.6 Å². The van der Waals surface area contributed by atoms with E-state index in [-0.39, 0.29) is 6.10 Å². The summed E-state index contributed by atoms with van der Waals surface area (Å²) in [5, 5.41) is 10.5. The largest absolute Gasteiger partial charge is 0.391 e. The van der Waals surface area contributed by atoms with Crippen LogP contribution in [0, 0.1) is 0 Å². The molecule has 2 aliphatic carbocycles. The fraction of sp³-hybridized carbons (Fsp3) is 0.667. The minimum absolute atomic E-state index is 0.123. The van der Waals surface area contributed by atoms with Gasteiger partial charge in [-0.1, -0.05) is 37.3 Å². The summed E-state index contributed by atoms with van der Waals surface area (Å²) in [6.07, 6.45) is 6.95. The standard InChI is InChI=1S/C18H27NO/c1-2-12-19(16-9-10-16)17-13-15(8-11-18(17)20)14-6-4-3-5-7-14/h3-7,15-18,20H,2,8-13H2,1H3. The normalized spacial score (nSPS) is 30.6. The number of nitrogens with zero attached hydrogens (tertiary/aromatic N) is 1. The lowest BCUT2D eigenvalue weighted by atomic mass is 9.79. The molecule has 0 spiro atoms. The summed E-state index contributed by atoms with van der Waals surface area (Å²) in [6.45, 7) is 3.40. The molecule has 1 aromatic carbocycles. The van der Waals surface area contributed by atoms with Gasteiger partial charge in [-0.15, -0.1) is 0 Å². The van der Waals surface area contributed by atoms with Gasteiger partial charge in [0.05, 0.1) is 6.10 Å². The predicted molar refractivity (Wildman–Crippen MR) is 82.8 cm³/mol. The van der Waals surface area contributed by atoms with E-state index in [1.807, 2.05) is 0 Å². The van der Waals surface area contributed by atoms with Crippen LogP contribution in [-0.4, -0.2) is 34.7 Å². The molecule has 3 unspecified atom stereocenters. The molecule has 2 heteroatoms. The smallest absolute Gasteiger partial charge is 0.0695 e. The van der Waals surface area contributed by atoms with Crippen molar-refractivity contribution in [3.05, 3.63) is 35.9 Å². The average molecular weight is 273 g/mol. The monoisotopic (exact) mass is 273 g/mol. The number of aliphatic hydroxyl groups excluding tert-OH is 1. The molecule has 0 amide bonds.